The molecule has 0 atom stereocenters. The summed E-state index contributed by atoms with van der Waals surface area (Å²) in [5, 5.41) is 8.41. The molecule has 5 nitrogen and oxygen atoms in total. The third-order valence-electron chi connectivity index (χ3n) is 3.57. The lowest BCUT2D eigenvalue weighted by Gasteiger charge is -2.07. The first kappa shape index (κ1) is 11.2. The summed E-state index contributed by atoms with van der Waals surface area (Å²) in [7, 11) is 1.39. The average Bonchev–Trinajstić information content (AvgIpc) is 3.05. The lowest BCUT2D eigenvalue weighted by molar-refractivity contribution is 0.0600. The van der Waals surface area contributed by atoms with Gasteiger partial charge in [0.1, 0.15) is 5.82 Å². The predicted molar refractivity (Wildman–Crippen MR) is 65.5 cm³/mol. The van der Waals surface area contributed by atoms with E-state index in [4.69, 9.17) is 4.74 Å². The van der Waals surface area contributed by atoms with E-state index in [1.54, 1.807) is 18.3 Å². The van der Waals surface area contributed by atoms with Crippen molar-refractivity contribution in [3.05, 3.63) is 29.7 Å². The number of esters is 1. The van der Waals surface area contributed by atoms with Gasteiger partial charge in [-0.1, -0.05) is 12.8 Å². The molecule has 0 aromatic carbocycles. The molecule has 5 heteroatoms. The van der Waals surface area contributed by atoms with E-state index in [0.29, 0.717) is 11.5 Å². The van der Waals surface area contributed by atoms with Crippen LogP contribution in [0.25, 0.3) is 5.65 Å². The molecule has 2 aromatic rings. The molecule has 1 fully saturated rings. The maximum absolute atomic E-state index is 11.5. The molecule has 2 aromatic heterocycles. The molecule has 0 spiro atoms. The Morgan fingerprint density at radius 3 is 2.83 bits per heavy atom. The Kier molecular flexibility index (Phi) is 2.74. The molecule has 0 saturated heterocycles. The van der Waals surface area contributed by atoms with Crippen LogP contribution in [0.15, 0.2) is 18.3 Å². The van der Waals surface area contributed by atoms with Gasteiger partial charge in [0.15, 0.2) is 5.65 Å². The molecular weight excluding hydrogens is 230 g/mol. The predicted octanol–water partition coefficient (Wildman–Crippen LogP) is 2.17. The van der Waals surface area contributed by atoms with Crippen molar-refractivity contribution in [3.63, 3.8) is 0 Å². The Bertz CT molecular complexity index is 585. The van der Waals surface area contributed by atoms with Crippen molar-refractivity contribution < 1.29 is 9.53 Å². The Hall–Kier alpha value is -1.91. The van der Waals surface area contributed by atoms with Gasteiger partial charge in [0.05, 0.1) is 12.7 Å². The monoisotopic (exact) mass is 245 g/mol. The normalized spacial score (nSPS) is 16.3. The summed E-state index contributed by atoms with van der Waals surface area (Å²) in [6.07, 6.45) is 6.58. The number of methoxy groups -OCH3 is 1. The van der Waals surface area contributed by atoms with E-state index >= 15 is 0 Å². The molecule has 0 aliphatic heterocycles. The third-order valence-corrected chi connectivity index (χ3v) is 3.57. The summed E-state index contributed by atoms with van der Waals surface area (Å²) < 4.78 is 6.65. The molecule has 1 aliphatic rings. The highest BCUT2D eigenvalue weighted by molar-refractivity contribution is 5.89. The van der Waals surface area contributed by atoms with E-state index in [1.165, 1.54) is 20.0 Å². The molecular formula is C13H15N3O2. The first-order valence-electron chi connectivity index (χ1n) is 6.22. The maximum Gasteiger partial charge on any atom is 0.339 e. The van der Waals surface area contributed by atoms with Crippen LogP contribution in [-0.4, -0.2) is 27.7 Å². The molecule has 94 valence electrons. The number of carbonyl (C=O) groups excluding carboxylic acids is 1. The minimum atomic E-state index is -0.331. The second kappa shape index (κ2) is 4.40. The molecule has 0 radical (unpaired) electrons. The molecule has 1 saturated carbocycles. The topological polar surface area (TPSA) is 56.5 Å². The molecule has 2 heterocycles. The minimum absolute atomic E-state index is 0.331. The van der Waals surface area contributed by atoms with Gasteiger partial charge in [0.25, 0.3) is 0 Å². The fourth-order valence-electron chi connectivity index (χ4n) is 2.61. The van der Waals surface area contributed by atoms with E-state index in [9.17, 15) is 4.79 Å². The number of rotatable bonds is 2. The van der Waals surface area contributed by atoms with Crippen molar-refractivity contribution in [2.45, 2.75) is 31.6 Å². The molecule has 0 N–H and O–H groups in total. The lowest BCUT2D eigenvalue weighted by Crippen LogP contribution is -2.05. The Morgan fingerprint density at radius 1 is 1.33 bits per heavy atom. The number of hydrogen-bond acceptors (Lipinski definition) is 4. The Balaban J connectivity index is 2.07. The molecule has 0 unspecified atom stereocenters. The molecule has 0 amide bonds. The van der Waals surface area contributed by atoms with Gasteiger partial charge >= 0.3 is 5.97 Å². The van der Waals surface area contributed by atoms with Gasteiger partial charge in [-0.05, 0) is 25.0 Å². The quantitative estimate of drug-likeness (QED) is 0.761. The van der Waals surface area contributed by atoms with Crippen LogP contribution < -0.4 is 0 Å². The number of fused-ring (bicyclic) bond motifs is 1. The Morgan fingerprint density at radius 2 is 2.11 bits per heavy atom. The van der Waals surface area contributed by atoms with Crippen LogP contribution in [0.1, 0.15) is 47.8 Å². The standard InChI is InChI=1S/C13H15N3O2/c1-18-13(17)10-6-7-11-14-15-12(16(11)8-10)9-4-2-3-5-9/h6-9H,2-5H2,1H3. The van der Waals surface area contributed by atoms with E-state index in [-0.39, 0.29) is 5.97 Å². The van der Waals surface area contributed by atoms with Gasteiger partial charge in [-0.15, -0.1) is 10.2 Å². The van der Waals surface area contributed by atoms with Crippen molar-refractivity contribution >= 4 is 11.6 Å². The fraction of sp³-hybridized carbons (Fsp3) is 0.462. The largest absolute Gasteiger partial charge is 0.465 e. The van der Waals surface area contributed by atoms with Crippen molar-refractivity contribution in [3.8, 4) is 0 Å². The van der Waals surface area contributed by atoms with Crippen LogP contribution in [0.4, 0.5) is 0 Å². The number of carbonyl (C=O) groups is 1. The smallest absolute Gasteiger partial charge is 0.339 e. The van der Waals surface area contributed by atoms with Crippen LogP contribution >= 0.6 is 0 Å². The summed E-state index contributed by atoms with van der Waals surface area (Å²) in [4.78, 5) is 11.5. The van der Waals surface area contributed by atoms with Gasteiger partial charge < -0.3 is 4.74 Å². The van der Waals surface area contributed by atoms with E-state index in [0.717, 1.165) is 24.3 Å². The van der Waals surface area contributed by atoms with Crippen molar-refractivity contribution in [1.82, 2.24) is 14.6 Å². The van der Waals surface area contributed by atoms with Crippen LogP contribution in [0.3, 0.4) is 0 Å². The SMILES string of the molecule is COC(=O)c1ccc2nnc(C3CCCC3)n2c1. The summed E-state index contributed by atoms with van der Waals surface area (Å²) in [5.74, 6) is 1.10. The lowest BCUT2D eigenvalue weighted by atomic mass is 10.1. The summed E-state index contributed by atoms with van der Waals surface area (Å²) in [6, 6.07) is 3.52. The van der Waals surface area contributed by atoms with Crippen LogP contribution in [0.5, 0.6) is 0 Å². The highest BCUT2D eigenvalue weighted by atomic mass is 16.5. The van der Waals surface area contributed by atoms with E-state index in [1.807, 2.05) is 4.40 Å². The first-order chi connectivity index (χ1) is 8.79. The van der Waals surface area contributed by atoms with Crippen LogP contribution in [-0.2, 0) is 4.74 Å². The van der Waals surface area contributed by atoms with Gasteiger partial charge in [0.2, 0.25) is 0 Å². The highest BCUT2D eigenvalue weighted by Gasteiger charge is 2.22. The Labute approximate surface area is 105 Å². The zero-order valence-corrected chi connectivity index (χ0v) is 10.3. The zero-order chi connectivity index (χ0) is 12.5. The number of pyridine rings is 1. The van der Waals surface area contributed by atoms with Crippen molar-refractivity contribution in [1.29, 1.82) is 0 Å². The van der Waals surface area contributed by atoms with E-state index < -0.39 is 0 Å². The second-order valence-electron chi connectivity index (χ2n) is 4.68. The summed E-state index contributed by atoms with van der Waals surface area (Å²) >= 11 is 0. The maximum atomic E-state index is 11.5. The van der Waals surface area contributed by atoms with Gasteiger partial charge in [-0.2, -0.15) is 0 Å². The summed E-state index contributed by atoms with van der Waals surface area (Å²) in [6.45, 7) is 0. The summed E-state index contributed by atoms with van der Waals surface area (Å²) in [5.41, 5.74) is 1.31. The molecule has 0 bridgehead atoms. The number of nitrogens with zero attached hydrogens (tertiary/aromatic N) is 3. The van der Waals surface area contributed by atoms with Gasteiger partial charge in [-0.25, -0.2) is 4.79 Å². The van der Waals surface area contributed by atoms with Crippen molar-refractivity contribution in [2.24, 2.45) is 0 Å². The number of hydrogen-bond donors (Lipinski definition) is 0. The highest BCUT2D eigenvalue weighted by Crippen LogP contribution is 2.33. The van der Waals surface area contributed by atoms with Crippen LogP contribution in [0, 0.1) is 0 Å². The number of ether oxygens (including phenoxy) is 1. The van der Waals surface area contributed by atoms with Gasteiger partial charge in [-0.3, -0.25) is 4.40 Å². The fourth-order valence-corrected chi connectivity index (χ4v) is 2.61. The minimum Gasteiger partial charge on any atom is -0.465 e. The molecule has 3 rings (SSSR count). The van der Waals surface area contributed by atoms with E-state index in [2.05, 4.69) is 10.2 Å². The third kappa shape index (κ3) is 1.75. The molecule has 18 heavy (non-hydrogen) atoms. The zero-order valence-electron chi connectivity index (χ0n) is 10.3. The van der Waals surface area contributed by atoms with Crippen molar-refractivity contribution in [2.75, 3.05) is 7.11 Å². The first-order valence-corrected chi connectivity index (χ1v) is 6.22. The van der Waals surface area contributed by atoms with Gasteiger partial charge in [0, 0.05) is 12.1 Å². The second-order valence-corrected chi connectivity index (χ2v) is 4.68. The number of aromatic nitrogens is 3. The average molecular weight is 245 g/mol. The van der Waals surface area contributed by atoms with Crippen LogP contribution in [0.2, 0.25) is 0 Å². The molecule has 1 aliphatic carbocycles.